The maximum Gasteiger partial charge on any atom is 0.289 e. The van der Waals surface area contributed by atoms with E-state index in [0.717, 1.165) is 48.7 Å². The Hall–Kier alpha value is -4.47. The number of hydrogen-bond acceptors (Lipinski definition) is 5. The van der Waals surface area contributed by atoms with Crippen LogP contribution >= 0.6 is 0 Å². The zero-order valence-corrected chi connectivity index (χ0v) is 24.6. The molecule has 44 heavy (non-hydrogen) atoms. The molecule has 3 N–H and O–H groups in total. The molecule has 3 heterocycles. The predicted octanol–water partition coefficient (Wildman–Crippen LogP) is 2.87. The van der Waals surface area contributed by atoms with E-state index < -0.39 is 35.6 Å². The average molecular weight is 596 g/mol. The lowest BCUT2D eigenvalue weighted by Gasteiger charge is -2.39. The number of amides is 4. The van der Waals surface area contributed by atoms with Crippen LogP contribution in [0.15, 0.2) is 60.7 Å². The first-order chi connectivity index (χ1) is 21.3. The van der Waals surface area contributed by atoms with E-state index in [0.29, 0.717) is 31.6 Å². The Morgan fingerprint density at radius 2 is 1.70 bits per heavy atom. The van der Waals surface area contributed by atoms with Crippen LogP contribution in [0.5, 0.6) is 0 Å². The van der Waals surface area contributed by atoms with Crippen LogP contribution < -0.4 is 16.0 Å². The van der Waals surface area contributed by atoms with Gasteiger partial charge in [0.25, 0.3) is 11.8 Å². The van der Waals surface area contributed by atoms with E-state index in [1.807, 2.05) is 65.2 Å². The number of likely N-dealkylation sites (tertiary alicyclic amines) is 1. The van der Waals surface area contributed by atoms with Crippen molar-refractivity contribution in [3.63, 3.8) is 0 Å². The molecule has 1 spiro atoms. The van der Waals surface area contributed by atoms with Gasteiger partial charge in [-0.25, -0.2) is 0 Å². The second kappa shape index (κ2) is 11.2. The third-order valence-corrected chi connectivity index (χ3v) is 9.80. The Morgan fingerprint density at radius 3 is 2.41 bits per heavy atom. The number of fused-ring (bicyclic) bond motifs is 1. The molecule has 10 nitrogen and oxygen atoms in total. The van der Waals surface area contributed by atoms with Gasteiger partial charge in [-0.15, -0.1) is 0 Å². The van der Waals surface area contributed by atoms with Crippen molar-refractivity contribution in [2.75, 3.05) is 13.1 Å². The summed E-state index contributed by atoms with van der Waals surface area (Å²) in [6, 6.07) is 17.4. The topological polar surface area (TPSA) is 130 Å². The van der Waals surface area contributed by atoms with E-state index in [9.17, 15) is 24.0 Å². The molecule has 2 aliphatic heterocycles. The van der Waals surface area contributed by atoms with Gasteiger partial charge >= 0.3 is 0 Å². The molecule has 4 amide bonds. The van der Waals surface area contributed by atoms with E-state index in [1.54, 1.807) is 4.90 Å². The summed E-state index contributed by atoms with van der Waals surface area (Å²) in [7, 11) is 0. The van der Waals surface area contributed by atoms with Crippen molar-refractivity contribution in [2.45, 2.75) is 69.5 Å². The summed E-state index contributed by atoms with van der Waals surface area (Å²) >= 11 is 0. The van der Waals surface area contributed by atoms with Crippen molar-refractivity contribution in [3.05, 3.63) is 66.4 Å². The van der Waals surface area contributed by atoms with Gasteiger partial charge in [0.05, 0.1) is 11.6 Å². The standard InChI is InChI=1S/C34H37N5O5/c40-29(32(43)36-23-10-11-23)25(18-22-12-16-35-30(22)41)37-31(42)28-20-34(13-14-34)15-17-38(28)33(44)27-19-21-6-4-5-9-26(21)39(27)24-7-2-1-3-8-24/h1-9,19,22-23,25,28H,10-18,20H2,(H,35,41)(H,36,43)(H,37,42)/t22-,25-,28-/m0/s1. The number of carbonyl (C=O) groups excluding carboxylic acids is 5. The molecule has 2 saturated heterocycles. The molecule has 10 heteroatoms. The molecule has 0 bridgehead atoms. The van der Waals surface area contributed by atoms with Crippen molar-refractivity contribution in [1.29, 1.82) is 0 Å². The molecule has 2 aliphatic carbocycles. The van der Waals surface area contributed by atoms with Crippen LogP contribution in [-0.4, -0.2) is 70.1 Å². The Bertz CT molecular complexity index is 1640. The molecule has 4 fully saturated rings. The van der Waals surface area contributed by atoms with Gasteiger partial charge in [0.1, 0.15) is 11.7 Å². The number of Topliss-reactive ketones (excluding diaryl/α,β-unsaturated/α-hetero) is 1. The summed E-state index contributed by atoms with van der Waals surface area (Å²) in [5, 5.41) is 9.26. The van der Waals surface area contributed by atoms with Gasteiger partial charge in [-0.05, 0) is 81.0 Å². The number of nitrogens with zero attached hydrogens (tertiary/aromatic N) is 2. The number of piperidine rings is 1. The number of benzene rings is 2. The van der Waals surface area contributed by atoms with E-state index in [1.165, 1.54) is 0 Å². The van der Waals surface area contributed by atoms with Gasteiger partial charge in [-0.3, -0.25) is 24.0 Å². The Kier molecular flexibility index (Phi) is 7.22. The van der Waals surface area contributed by atoms with E-state index in [4.69, 9.17) is 0 Å². The van der Waals surface area contributed by atoms with E-state index >= 15 is 0 Å². The first-order valence-corrected chi connectivity index (χ1v) is 15.7. The van der Waals surface area contributed by atoms with Crippen LogP contribution in [0.25, 0.3) is 16.6 Å². The third kappa shape index (κ3) is 5.49. The quantitative estimate of drug-likeness (QED) is 0.328. The smallest absolute Gasteiger partial charge is 0.289 e. The molecule has 0 unspecified atom stereocenters. The number of rotatable bonds is 9. The molecular weight excluding hydrogens is 558 g/mol. The minimum Gasteiger partial charge on any atom is -0.356 e. The fraction of sp³-hybridized carbons (Fsp3) is 0.441. The maximum atomic E-state index is 14.4. The molecular formula is C34H37N5O5. The van der Waals surface area contributed by atoms with Crippen molar-refractivity contribution < 1.29 is 24.0 Å². The maximum absolute atomic E-state index is 14.4. The van der Waals surface area contributed by atoms with Crippen LogP contribution in [0.1, 0.15) is 61.9 Å². The highest BCUT2D eigenvalue weighted by atomic mass is 16.2. The second-order valence-corrected chi connectivity index (χ2v) is 12.9. The Morgan fingerprint density at radius 1 is 0.955 bits per heavy atom. The Balaban J connectivity index is 1.19. The Labute approximate surface area is 255 Å². The van der Waals surface area contributed by atoms with Crippen LogP contribution in [0.4, 0.5) is 0 Å². The molecule has 3 aromatic rings. The number of para-hydroxylation sites is 2. The van der Waals surface area contributed by atoms with Crippen LogP contribution in [-0.2, 0) is 19.2 Å². The monoisotopic (exact) mass is 595 g/mol. The lowest BCUT2D eigenvalue weighted by atomic mass is 9.86. The fourth-order valence-corrected chi connectivity index (χ4v) is 6.85. The highest BCUT2D eigenvalue weighted by Gasteiger charge is 2.52. The summed E-state index contributed by atoms with van der Waals surface area (Å²) < 4.78 is 1.93. The second-order valence-electron chi connectivity index (χ2n) is 12.9. The molecule has 0 radical (unpaired) electrons. The van der Waals surface area contributed by atoms with Crippen molar-refractivity contribution in [3.8, 4) is 5.69 Å². The number of nitrogens with one attached hydrogen (secondary N) is 3. The molecule has 2 saturated carbocycles. The van der Waals surface area contributed by atoms with Crippen LogP contribution in [0.3, 0.4) is 0 Å². The van der Waals surface area contributed by atoms with Crippen molar-refractivity contribution in [2.24, 2.45) is 11.3 Å². The number of ketones is 1. The highest BCUT2D eigenvalue weighted by Crippen LogP contribution is 2.55. The minimum absolute atomic E-state index is 0.0130. The summed E-state index contributed by atoms with van der Waals surface area (Å²) in [4.78, 5) is 68.7. The van der Waals surface area contributed by atoms with Gasteiger partial charge in [0.15, 0.2) is 0 Å². The van der Waals surface area contributed by atoms with Crippen molar-refractivity contribution in [1.82, 2.24) is 25.4 Å². The zero-order chi connectivity index (χ0) is 30.4. The van der Waals surface area contributed by atoms with Gasteiger partial charge in [-0.1, -0.05) is 36.4 Å². The normalized spacial score (nSPS) is 22.8. The van der Waals surface area contributed by atoms with E-state index in [2.05, 4.69) is 16.0 Å². The number of carbonyl (C=O) groups is 5. The first-order valence-electron chi connectivity index (χ1n) is 15.7. The SMILES string of the molecule is O=C(NC1CC1)C(=O)[C@H](C[C@@H]1CCNC1=O)NC(=O)[C@@H]1CC2(CCN1C(=O)c1cc3ccccc3n1-c1ccccc1)CC2. The number of hydrogen-bond donors (Lipinski definition) is 3. The van der Waals surface area contributed by atoms with Crippen LogP contribution in [0, 0.1) is 11.3 Å². The molecule has 2 aromatic carbocycles. The minimum atomic E-state index is -1.15. The average Bonchev–Trinajstić information content (AvgIpc) is 3.93. The summed E-state index contributed by atoms with van der Waals surface area (Å²) in [6.07, 6.45) is 5.52. The molecule has 1 aromatic heterocycles. The summed E-state index contributed by atoms with van der Waals surface area (Å²) in [5.74, 6) is -2.85. The summed E-state index contributed by atoms with van der Waals surface area (Å²) in [5.41, 5.74) is 2.21. The largest absolute Gasteiger partial charge is 0.356 e. The van der Waals surface area contributed by atoms with Crippen LogP contribution in [0.2, 0.25) is 0 Å². The zero-order valence-electron chi connectivity index (χ0n) is 24.6. The van der Waals surface area contributed by atoms with Gasteiger partial charge < -0.3 is 25.4 Å². The van der Waals surface area contributed by atoms with Crippen molar-refractivity contribution >= 4 is 40.3 Å². The van der Waals surface area contributed by atoms with Gasteiger partial charge in [0, 0.05) is 36.1 Å². The van der Waals surface area contributed by atoms with Gasteiger partial charge in [-0.2, -0.15) is 0 Å². The summed E-state index contributed by atoms with van der Waals surface area (Å²) in [6.45, 7) is 0.911. The lowest BCUT2D eigenvalue weighted by Crippen LogP contribution is -2.58. The third-order valence-electron chi connectivity index (χ3n) is 9.80. The van der Waals surface area contributed by atoms with E-state index in [-0.39, 0.29) is 29.7 Å². The first kappa shape index (κ1) is 28.3. The molecule has 3 atom stereocenters. The predicted molar refractivity (Wildman–Crippen MR) is 163 cm³/mol. The molecule has 4 aliphatic rings. The molecule has 7 rings (SSSR count). The fourth-order valence-electron chi connectivity index (χ4n) is 6.85. The lowest BCUT2D eigenvalue weighted by molar-refractivity contribution is -0.141. The van der Waals surface area contributed by atoms with Gasteiger partial charge in [0.2, 0.25) is 17.6 Å². The molecule has 228 valence electrons. The number of aromatic nitrogens is 1. The highest BCUT2D eigenvalue weighted by molar-refractivity contribution is 6.38.